The Morgan fingerprint density at radius 2 is 2.05 bits per heavy atom. The molecule has 0 bridgehead atoms. The predicted molar refractivity (Wildman–Crippen MR) is 79.9 cm³/mol. The number of primary amides is 1. The van der Waals surface area contributed by atoms with Crippen LogP contribution >= 0.6 is 38.9 Å². The lowest BCUT2D eigenvalue weighted by molar-refractivity contribution is 0.0998. The van der Waals surface area contributed by atoms with E-state index in [0.717, 1.165) is 4.47 Å². The van der Waals surface area contributed by atoms with E-state index in [1.807, 2.05) is 5.38 Å². The summed E-state index contributed by atoms with van der Waals surface area (Å²) in [6.45, 7) is 0. The molecule has 0 saturated carbocycles. The van der Waals surface area contributed by atoms with Crippen LogP contribution in [0.2, 0.25) is 5.02 Å². The molecule has 2 amide bonds. The fourth-order valence-electron chi connectivity index (χ4n) is 1.44. The summed E-state index contributed by atoms with van der Waals surface area (Å²) < 4.78 is 0.731. The number of anilines is 1. The number of halogens is 2. The lowest BCUT2D eigenvalue weighted by Gasteiger charge is -2.06. The van der Waals surface area contributed by atoms with Gasteiger partial charge >= 0.3 is 0 Å². The molecular formula is C12H8BrClN2O2S. The van der Waals surface area contributed by atoms with Crippen LogP contribution in [0.1, 0.15) is 20.0 Å². The number of nitrogens with two attached hydrogens (primary N) is 1. The standard InChI is InChI=1S/C12H8BrClN2O2S/c13-8-3-4-19-10(8)12(18)16-6-1-2-7(11(15)17)9(14)5-6/h1-5H,(H2,15,17)(H,16,18). The van der Waals surface area contributed by atoms with Crippen LogP contribution in [0.25, 0.3) is 0 Å². The molecular weight excluding hydrogens is 352 g/mol. The molecule has 2 aromatic rings. The van der Waals surface area contributed by atoms with E-state index < -0.39 is 5.91 Å². The van der Waals surface area contributed by atoms with Gasteiger partial charge in [0.15, 0.2) is 0 Å². The minimum absolute atomic E-state index is 0.204. The van der Waals surface area contributed by atoms with Gasteiger partial charge in [0.25, 0.3) is 5.91 Å². The van der Waals surface area contributed by atoms with E-state index in [2.05, 4.69) is 21.2 Å². The summed E-state index contributed by atoms with van der Waals surface area (Å²) in [6.07, 6.45) is 0. The minimum Gasteiger partial charge on any atom is -0.366 e. The zero-order chi connectivity index (χ0) is 14.0. The van der Waals surface area contributed by atoms with Gasteiger partial charge in [-0.1, -0.05) is 11.6 Å². The number of benzene rings is 1. The maximum atomic E-state index is 12.0. The third kappa shape index (κ3) is 3.15. The Kier molecular flexibility index (Phi) is 4.24. The molecule has 7 heteroatoms. The van der Waals surface area contributed by atoms with Gasteiger partial charge in [-0.05, 0) is 45.6 Å². The molecule has 0 atom stereocenters. The average molecular weight is 360 g/mol. The number of hydrogen-bond donors (Lipinski definition) is 2. The van der Waals surface area contributed by atoms with Gasteiger partial charge in [0.2, 0.25) is 5.91 Å². The molecule has 0 saturated heterocycles. The lowest BCUT2D eigenvalue weighted by Crippen LogP contribution is -2.13. The van der Waals surface area contributed by atoms with E-state index >= 15 is 0 Å². The molecule has 0 unspecified atom stereocenters. The van der Waals surface area contributed by atoms with Crippen molar-refractivity contribution in [2.24, 2.45) is 5.73 Å². The molecule has 0 aliphatic carbocycles. The molecule has 0 aliphatic heterocycles. The average Bonchev–Trinajstić information content (AvgIpc) is 2.75. The lowest BCUT2D eigenvalue weighted by atomic mass is 10.2. The Morgan fingerprint density at radius 3 is 2.58 bits per heavy atom. The molecule has 0 fully saturated rings. The molecule has 0 radical (unpaired) electrons. The van der Waals surface area contributed by atoms with Gasteiger partial charge in [-0.2, -0.15) is 0 Å². The van der Waals surface area contributed by atoms with E-state index in [0.29, 0.717) is 10.6 Å². The van der Waals surface area contributed by atoms with Crippen LogP contribution in [0, 0.1) is 0 Å². The zero-order valence-electron chi connectivity index (χ0n) is 9.44. The van der Waals surface area contributed by atoms with Crippen LogP contribution in [0.15, 0.2) is 34.1 Å². The largest absolute Gasteiger partial charge is 0.366 e. The van der Waals surface area contributed by atoms with E-state index in [4.69, 9.17) is 17.3 Å². The third-order valence-corrected chi connectivity index (χ3v) is 4.46. The van der Waals surface area contributed by atoms with E-state index in [-0.39, 0.29) is 16.5 Å². The Hall–Kier alpha value is -1.37. The molecule has 98 valence electrons. The highest BCUT2D eigenvalue weighted by Gasteiger charge is 2.13. The van der Waals surface area contributed by atoms with Gasteiger partial charge in [0.1, 0.15) is 4.88 Å². The second-order valence-corrected chi connectivity index (χ2v) is 5.79. The predicted octanol–water partition coefficient (Wildman–Crippen LogP) is 3.52. The SMILES string of the molecule is NC(=O)c1ccc(NC(=O)c2sccc2Br)cc1Cl. The molecule has 0 aliphatic rings. The minimum atomic E-state index is -0.608. The first kappa shape index (κ1) is 14.0. The highest BCUT2D eigenvalue weighted by molar-refractivity contribution is 9.10. The highest BCUT2D eigenvalue weighted by atomic mass is 79.9. The van der Waals surface area contributed by atoms with Crippen molar-refractivity contribution >= 4 is 56.4 Å². The third-order valence-electron chi connectivity index (χ3n) is 2.32. The quantitative estimate of drug-likeness (QED) is 0.880. The van der Waals surface area contributed by atoms with Gasteiger partial charge in [-0.3, -0.25) is 9.59 Å². The first-order chi connectivity index (χ1) is 8.99. The number of nitrogens with one attached hydrogen (secondary N) is 1. The van der Waals surface area contributed by atoms with Crippen LogP contribution in [-0.2, 0) is 0 Å². The van der Waals surface area contributed by atoms with Crippen molar-refractivity contribution in [3.05, 3.63) is 49.6 Å². The van der Waals surface area contributed by atoms with Crippen molar-refractivity contribution in [1.29, 1.82) is 0 Å². The van der Waals surface area contributed by atoms with Crippen LogP contribution < -0.4 is 11.1 Å². The first-order valence-corrected chi connectivity index (χ1v) is 7.18. The maximum absolute atomic E-state index is 12.0. The number of amides is 2. The van der Waals surface area contributed by atoms with Crippen LogP contribution in [-0.4, -0.2) is 11.8 Å². The van der Waals surface area contributed by atoms with Gasteiger partial charge < -0.3 is 11.1 Å². The molecule has 1 aromatic heterocycles. The fraction of sp³-hybridized carbons (Fsp3) is 0. The topological polar surface area (TPSA) is 72.2 Å². The fourth-order valence-corrected chi connectivity index (χ4v) is 3.16. The number of rotatable bonds is 3. The van der Waals surface area contributed by atoms with Crippen molar-refractivity contribution in [2.75, 3.05) is 5.32 Å². The summed E-state index contributed by atoms with van der Waals surface area (Å²) in [7, 11) is 0. The molecule has 2 rings (SSSR count). The van der Waals surface area contributed by atoms with Crippen molar-refractivity contribution in [3.8, 4) is 0 Å². The van der Waals surface area contributed by atoms with E-state index in [9.17, 15) is 9.59 Å². The van der Waals surface area contributed by atoms with Crippen molar-refractivity contribution in [1.82, 2.24) is 0 Å². The van der Waals surface area contributed by atoms with Crippen molar-refractivity contribution in [2.45, 2.75) is 0 Å². The summed E-state index contributed by atoms with van der Waals surface area (Å²) in [5.74, 6) is -0.853. The monoisotopic (exact) mass is 358 g/mol. The van der Waals surface area contributed by atoms with E-state index in [1.54, 1.807) is 12.1 Å². The second-order valence-electron chi connectivity index (χ2n) is 3.61. The van der Waals surface area contributed by atoms with Crippen molar-refractivity contribution in [3.63, 3.8) is 0 Å². The van der Waals surface area contributed by atoms with E-state index in [1.165, 1.54) is 23.5 Å². The van der Waals surface area contributed by atoms with Crippen LogP contribution in [0.3, 0.4) is 0 Å². The zero-order valence-corrected chi connectivity index (χ0v) is 12.6. The number of carbonyl (C=O) groups is 2. The normalized spacial score (nSPS) is 10.2. The maximum Gasteiger partial charge on any atom is 0.266 e. The van der Waals surface area contributed by atoms with Gasteiger partial charge in [-0.15, -0.1) is 11.3 Å². The van der Waals surface area contributed by atoms with Crippen LogP contribution in [0.5, 0.6) is 0 Å². The summed E-state index contributed by atoms with van der Waals surface area (Å²) in [5, 5.41) is 4.71. The van der Waals surface area contributed by atoms with Gasteiger partial charge in [-0.25, -0.2) is 0 Å². The Morgan fingerprint density at radius 1 is 1.32 bits per heavy atom. The summed E-state index contributed by atoms with van der Waals surface area (Å²) in [4.78, 5) is 23.6. The molecule has 1 aromatic carbocycles. The molecule has 19 heavy (non-hydrogen) atoms. The number of carbonyl (C=O) groups excluding carboxylic acids is 2. The molecule has 1 heterocycles. The smallest absolute Gasteiger partial charge is 0.266 e. The molecule has 3 N–H and O–H groups in total. The summed E-state index contributed by atoms with van der Waals surface area (Å²) in [5.41, 5.74) is 5.87. The van der Waals surface area contributed by atoms with Gasteiger partial charge in [0.05, 0.1) is 10.6 Å². The highest BCUT2D eigenvalue weighted by Crippen LogP contribution is 2.25. The molecule has 4 nitrogen and oxygen atoms in total. The van der Waals surface area contributed by atoms with Gasteiger partial charge in [0, 0.05) is 10.2 Å². The molecule has 0 spiro atoms. The first-order valence-electron chi connectivity index (χ1n) is 5.12. The van der Waals surface area contributed by atoms with Crippen molar-refractivity contribution < 1.29 is 9.59 Å². The second kappa shape index (κ2) is 5.73. The summed E-state index contributed by atoms with van der Waals surface area (Å²) in [6, 6.07) is 6.33. The number of hydrogen-bond acceptors (Lipinski definition) is 3. The number of thiophene rings is 1. The Bertz CT molecular complexity index is 657. The Labute approximate surface area is 126 Å². The summed E-state index contributed by atoms with van der Waals surface area (Å²) >= 11 is 10.5. The Balaban J connectivity index is 2.21. The van der Waals surface area contributed by atoms with Crippen LogP contribution in [0.4, 0.5) is 5.69 Å².